The van der Waals surface area contributed by atoms with Crippen LogP contribution in [0.25, 0.3) is 5.03 Å². The van der Waals surface area contributed by atoms with E-state index in [2.05, 4.69) is 10.3 Å². The van der Waals surface area contributed by atoms with Gasteiger partial charge in [-0.1, -0.05) is 58.2 Å². The standard InChI is InChI=1S/C12H10Cl3N5O/c13-8(10(14)15)7-3-1-2-6(4-7)5-20-11(16)9(12(17)21)18-19-20/h1-4H,5,16H2,(H2,17,21). The molecule has 0 aliphatic rings. The van der Waals surface area contributed by atoms with Crippen molar-refractivity contribution in [3.05, 3.63) is 45.6 Å². The summed E-state index contributed by atoms with van der Waals surface area (Å²) < 4.78 is 1.34. The Morgan fingerprint density at radius 2 is 2.00 bits per heavy atom. The van der Waals surface area contributed by atoms with E-state index in [1.54, 1.807) is 18.2 Å². The van der Waals surface area contributed by atoms with Crippen molar-refractivity contribution in [2.75, 3.05) is 5.73 Å². The Hall–Kier alpha value is -1.76. The molecule has 0 bridgehead atoms. The Balaban J connectivity index is 2.31. The van der Waals surface area contributed by atoms with E-state index in [0.29, 0.717) is 12.1 Å². The lowest BCUT2D eigenvalue weighted by molar-refractivity contribution is 0.0996. The topological polar surface area (TPSA) is 99.8 Å². The van der Waals surface area contributed by atoms with E-state index < -0.39 is 5.91 Å². The number of nitrogen functional groups attached to an aromatic ring is 1. The van der Waals surface area contributed by atoms with Crippen LogP contribution in [0.5, 0.6) is 0 Å². The Morgan fingerprint density at radius 1 is 1.29 bits per heavy atom. The third-order valence-electron chi connectivity index (χ3n) is 2.69. The van der Waals surface area contributed by atoms with Gasteiger partial charge in [-0.3, -0.25) is 4.79 Å². The van der Waals surface area contributed by atoms with Gasteiger partial charge in [-0.25, -0.2) is 4.68 Å². The zero-order chi connectivity index (χ0) is 15.6. The molecule has 0 saturated carbocycles. The van der Waals surface area contributed by atoms with E-state index in [1.807, 2.05) is 6.07 Å². The van der Waals surface area contributed by atoms with Crippen molar-refractivity contribution >= 4 is 51.6 Å². The summed E-state index contributed by atoms with van der Waals surface area (Å²) in [6, 6.07) is 7.15. The Bertz CT molecular complexity index is 721. The molecule has 2 aromatic rings. The quantitative estimate of drug-likeness (QED) is 0.887. The van der Waals surface area contributed by atoms with Crippen LogP contribution in [0.15, 0.2) is 28.8 Å². The SMILES string of the molecule is NC(=O)c1nnn(Cc2cccc(C(Cl)=C(Cl)Cl)c2)c1N. The number of carbonyl (C=O) groups excluding carboxylic acids is 1. The highest BCUT2D eigenvalue weighted by Crippen LogP contribution is 2.28. The number of nitrogens with two attached hydrogens (primary N) is 2. The number of amides is 1. The highest BCUT2D eigenvalue weighted by atomic mass is 35.5. The lowest BCUT2D eigenvalue weighted by Crippen LogP contribution is -2.14. The molecule has 0 radical (unpaired) electrons. The summed E-state index contributed by atoms with van der Waals surface area (Å²) >= 11 is 17.3. The molecular formula is C12H10Cl3N5O. The monoisotopic (exact) mass is 345 g/mol. The van der Waals surface area contributed by atoms with Crippen molar-refractivity contribution in [2.45, 2.75) is 6.54 Å². The smallest absolute Gasteiger partial charge is 0.273 e. The second-order valence-electron chi connectivity index (χ2n) is 4.12. The molecule has 0 aliphatic heterocycles. The van der Waals surface area contributed by atoms with Gasteiger partial charge in [0.05, 0.1) is 11.6 Å². The molecule has 2 rings (SSSR count). The van der Waals surface area contributed by atoms with Crippen molar-refractivity contribution in [2.24, 2.45) is 5.73 Å². The molecule has 1 heterocycles. The first kappa shape index (κ1) is 15.6. The highest BCUT2D eigenvalue weighted by molar-refractivity contribution is 6.66. The predicted molar refractivity (Wildman–Crippen MR) is 83.0 cm³/mol. The van der Waals surface area contributed by atoms with Crippen LogP contribution in [0.3, 0.4) is 0 Å². The number of hydrogen-bond donors (Lipinski definition) is 2. The number of primary amides is 1. The first-order chi connectivity index (χ1) is 9.90. The first-order valence-electron chi connectivity index (χ1n) is 5.69. The molecule has 0 atom stereocenters. The fourth-order valence-electron chi connectivity index (χ4n) is 1.70. The van der Waals surface area contributed by atoms with Gasteiger partial charge < -0.3 is 11.5 Å². The molecule has 1 amide bonds. The van der Waals surface area contributed by atoms with Gasteiger partial charge in [-0.15, -0.1) is 5.10 Å². The van der Waals surface area contributed by atoms with Gasteiger partial charge >= 0.3 is 0 Å². The minimum Gasteiger partial charge on any atom is -0.382 e. The third-order valence-corrected chi connectivity index (χ3v) is 3.66. The van der Waals surface area contributed by atoms with Crippen LogP contribution >= 0.6 is 34.8 Å². The van der Waals surface area contributed by atoms with E-state index in [1.165, 1.54) is 4.68 Å². The van der Waals surface area contributed by atoms with Gasteiger partial charge in [0.2, 0.25) is 0 Å². The number of carbonyl (C=O) groups is 1. The van der Waals surface area contributed by atoms with E-state index >= 15 is 0 Å². The number of benzene rings is 1. The fraction of sp³-hybridized carbons (Fsp3) is 0.0833. The van der Waals surface area contributed by atoms with Crippen LogP contribution in [0.4, 0.5) is 5.82 Å². The Morgan fingerprint density at radius 3 is 2.57 bits per heavy atom. The van der Waals surface area contributed by atoms with Crippen molar-refractivity contribution < 1.29 is 4.79 Å². The second kappa shape index (κ2) is 6.34. The Labute approximate surface area is 135 Å². The van der Waals surface area contributed by atoms with Crippen molar-refractivity contribution in [1.82, 2.24) is 15.0 Å². The normalized spacial score (nSPS) is 10.4. The van der Waals surface area contributed by atoms with E-state index in [4.69, 9.17) is 46.3 Å². The third kappa shape index (κ3) is 3.47. The molecule has 110 valence electrons. The van der Waals surface area contributed by atoms with Gasteiger partial charge in [0.15, 0.2) is 11.5 Å². The van der Waals surface area contributed by atoms with E-state index in [0.717, 1.165) is 5.56 Å². The van der Waals surface area contributed by atoms with Crippen LogP contribution in [0, 0.1) is 0 Å². The largest absolute Gasteiger partial charge is 0.382 e. The first-order valence-corrected chi connectivity index (χ1v) is 6.82. The number of rotatable bonds is 4. The molecule has 0 aliphatic carbocycles. The van der Waals surface area contributed by atoms with Gasteiger partial charge in [0.25, 0.3) is 5.91 Å². The molecule has 0 saturated heterocycles. The molecule has 1 aromatic heterocycles. The van der Waals surface area contributed by atoms with Crippen molar-refractivity contribution in [3.63, 3.8) is 0 Å². The summed E-state index contributed by atoms with van der Waals surface area (Å²) in [5.41, 5.74) is 12.3. The molecule has 0 unspecified atom stereocenters. The summed E-state index contributed by atoms with van der Waals surface area (Å²) in [6.45, 7) is 0.296. The van der Waals surface area contributed by atoms with Crippen LogP contribution in [-0.2, 0) is 6.54 Å². The van der Waals surface area contributed by atoms with Gasteiger partial charge in [0.1, 0.15) is 4.49 Å². The average Bonchev–Trinajstić information content (AvgIpc) is 2.79. The lowest BCUT2D eigenvalue weighted by Gasteiger charge is -2.06. The molecule has 4 N–H and O–H groups in total. The predicted octanol–water partition coefficient (Wildman–Crippen LogP) is 2.35. The van der Waals surface area contributed by atoms with Crippen LogP contribution in [0.2, 0.25) is 0 Å². The minimum absolute atomic E-state index is 0.0231. The number of halogens is 3. The number of anilines is 1. The summed E-state index contributed by atoms with van der Waals surface area (Å²) in [5, 5.41) is 7.66. The molecule has 1 aromatic carbocycles. The zero-order valence-corrected chi connectivity index (χ0v) is 12.8. The number of hydrogen-bond acceptors (Lipinski definition) is 4. The fourth-order valence-corrected chi connectivity index (χ4v) is 2.04. The molecule has 6 nitrogen and oxygen atoms in total. The number of nitrogens with zero attached hydrogens (tertiary/aromatic N) is 3. The maximum atomic E-state index is 11.1. The van der Waals surface area contributed by atoms with Crippen molar-refractivity contribution in [1.29, 1.82) is 0 Å². The lowest BCUT2D eigenvalue weighted by atomic mass is 10.1. The maximum absolute atomic E-state index is 11.1. The molecular weight excluding hydrogens is 337 g/mol. The summed E-state index contributed by atoms with van der Waals surface area (Å²) in [6.07, 6.45) is 0. The van der Waals surface area contributed by atoms with Gasteiger partial charge in [-0.2, -0.15) is 0 Å². The molecule has 9 heteroatoms. The minimum atomic E-state index is -0.729. The van der Waals surface area contributed by atoms with Gasteiger partial charge in [-0.05, 0) is 17.2 Å². The summed E-state index contributed by atoms with van der Waals surface area (Å²) in [7, 11) is 0. The molecule has 0 spiro atoms. The molecule has 21 heavy (non-hydrogen) atoms. The number of aromatic nitrogens is 3. The Kier molecular flexibility index (Phi) is 4.72. The van der Waals surface area contributed by atoms with E-state index in [9.17, 15) is 4.79 Å². The zero-order valence-electron chi connectivity index (χ0n) is 10.6. The second-order valence-corrected chi connectivity index (χ2v) is 5.45. The van der Waals surface area contributed by atoms with Crippen LogP contribution < -0.4 is 11.5 Å². The summed E-state index contributed by atoms with van der Waals surface area (Å²) in [5.74, 6) is -0.627. The maximum Gasteiger partial charge on any atom is 0.273 e. The van der Waals surface area contributed by atoms with Gasteiger partial charge in [0, 0.05) is 0 Å². The average molecular weight is 347 g/mol. The van der Waals surface area contributed by atoms with Crippen molar-refractivity contribution in [3.8, 4) is 0 Å². The highest BCUT2D eigenvalue weighted by Gasteiger charge is 2.14. The van der Waals surface area contributed by atoms with Crippen LogP contribution in [-0.4, -0.2) is 20.9 Å². The molecule has 0 fully saturated rings. The van der Waals surface area contributed by atoms with E-state index in [-0.39, 0.29) is 21.0 Å². The van der Waals surface area contributed by atoms with Crippen LogP contribution in [0.1, 0.15) is 21.6 Å². The summed E-state index contributed by atoms with van der Waals surface area (Å²) in [4.78, 5) is 11.1.